The molecule has 0 spiro atoms. The molecule has 24 heavy (non-hydrogen) atoms. The minimum Gasteiger partial charge on any atom is -0.497 e. The quantitative estimate of drug-likeness (QED) is 0.404. The van der Waals surface area contributed by atoms with Gasteiger partial charge in [-0.2, -0.15) is 5.10 Å². The van der Waals surface area contributed by atoms with Crippen molar-refractivity contribution in [3.8, 4) is 16.9 Å². The second-order valence-electron chi connectivity index (χ2n) is 5.56. The lowest BCUT2D eigenvalue weighted by atomic mass is 10.1. The summed E-state index contributed by atoms with van der Waals surface area (Å²) in [6, 6.07) is 24.4. The van der Waals surface area contributed by atoms with Gasteiger partial charge >= 0.3 is 0 Å². The van der Waals surface area contributed by atoms with E-state index < -0.39 is 0 Å². The first-order valence-electron chi connectivity index (χ1n) is 7.81. The van der Waals surface area contributed by atoms with Crippen LogP contribution in [0.5, 0.6) is 5.75 Å². The molecule has 0 aromatic heterocycles. The second-order valence-corrected chi connectivity index (χ2v) is 5.56. The van der Waals surface area contributed by atoms with Gasteiger partial charge in [0.15, 0.2) is 0 Å². The van der Waals surface area contributed by atoms with Gasteiger partial charge in [-0.1, -0.05) is 60.7 Å². The van der Waals surface area contributed by atoms with Gasteiger partial charge in [-0.25, -0.2) is 0 Å². The molecule has 0 fully saturated rings. The van der Waals surface area contributed by atoms with Crippen LogP contribution in [0, 0.1) is 0 Å². The maximum atomic E-state index is 5.23. The lowest BCUT2D eigenvalue weighted by molar-refractivity contribution is 0.415. The number of rotatable bonds is 3. The van der Waals surface area contributed by atoms with Gasteiger partial charge in [0, 0.05) is 11.1 Å². The Morgan fingerprint density at radius 3 is 2.00 bits per heavy atom. The third-order valence-corrected chi connectivity index (χ3v) is 4.11. The van der Waals surface area contributed by atoms with Gasteiger partial charge in [-0.3, -0.25) is 0 Å². The van der Waals surface area contributed by atoms with Crippen LogP contribution in [-0.4, -0.2) is 19.0 Å². The van der Waals surface area contributed by atoms with Crippen LogP contribution >= 0.6 is 0 Å². The smallest absolute Gasteiger partial charge is 0.119 e. The van der Waals surface area contributed by atoms with Crippen molar-refractivity contribution in [1.82, 2.24) is 0 Å². The zero-order valence-corrected chi connectivity index (χ0v) is 13.3. The second kappa shape index (κ2) is 6.13. The molecule has 3 heteroatoms. The highest BCUT2D eigenvalue weighted by atomic mass is 16.5. The molecule has 0 radical (unpaired) electrons. The van der Waals surface area contributed by atoms with Crippen molar-refractivity contribution >= 4 is 11.9 Å². The molecule has 116 valence electrons. The van der Waals surface area contributed by atoms with Crippen LogP contribution in [-0.2, 0) is 0 Å². The first-order valence-corrected chi connectivity index (χ1v) is 7.81. The van der Waals surface area contributed by atoms with E-state index >= 15 is 0 Å². The summed E-state index contributed by atoms with van der Waals surface area (Å²) in [5, 5.41) is 8.81. The van der Waals surface area contributed by atoms with E-state index in [1.807, 2.05) is 36.4 Å². The summed E-state index contributed by atoms with van der Waals surface area (Å²) in [4.78, 5) is 0. The van der Waals surface area contributed by atoms with Crippen molar-refractivity contribution in [1.29, 1.82) is 0 Å². The molecule has 0 atom stereocenters. The van der Waals surface area contributed by atoms with Gasteiger partial charge in [0.1, 0.15) is 11.5 Å². The minimum absolute atomic E-state index is 0.808. The van der Waals surface area contributed by atoms with Crippen molar-refractivity contribution in [2.24, 2.45) is 10.2 Å². The third-order valence-electron chi connectivity index (χ3n) is 4.11. The Morgan fingerprint density at radius 2 is 1.38 bits per heavy atom. The first kappa shape index (κ1) is 14.4. The Labute approximate surface area is 141 Å². The molecule has 0 amide bonds. The maximum absolute atomic E-state index is 5.23. The molecular formula is C21H16N2O. The van der Waals surface area contributed by atoms with E-state index in [9.17, 15) is 0 Å². The van der Waals surface area contributed by atoms with Gasteiger partial charge in [0.05, 0.1) is 13.3 Å². The number of hydrogen-bond acceptors (Lipinski definition) is 3. The van der Waals surface area contributed by atoms with Crippen LogP contribution in [0.1, 0.15) is 16.7 Å². The van der Waals surface area contributed by atoms with Crippen LogP contribution in [0.25, 0.3) is 11.1 Å². The zero-order chi connectivity index (χ0) is 16.4. The Kier molecular flexibility index (Phi) is 3.67. The number of methoxy groups -OCH3 is 1. The van der Waals surface area contributed by atoms with Crippen molar-refractivity contribution in [3.05, 3.63) is 89.5 Å². The Hall–Kier alpha value is -3.20. The molecule has 0 heterocycles. The van der Waals surface area contributed by atoms with E-state index in [1.165, 1.54) is 11.1 Å². The molecule has 0 saturated carbocycles. The van der Waals surface area contributed by atoms with E-state index in [0.29, 0.717) is 0 Å². The van der Waals surface area contributed by atoms with Crippen LogP contribution in [0.3, 0.4) is 0 Å². The summed E-state index contributed by atoms with van der Waals surface area (Å²) < 4.78 is 5.23. The molecule has 0 N–H and O–H groups in total. The minimum atomic E-state index is 0.808. The average Bonchev–Trinajstić information content (AvgIpc) is 2.96. The van der Waals surface area contributed by atoms with E-state index in [1.54, 1.807) is 13.3 Å². The van der Waals surface area contributed by atoms with Crippen molar-refractivity contribution < 1.29 is 4.74 Å². The lowest BCUT2D eigenvalue weighted by Crippen LogP contribution is -1.97. The largest absolute Gasteiger partial charge is 0.497 e. The number of ether oxygens (including phenoxy) is 1. The predicted molar refractivity (Wildman–Crippen MR) is 98.1 cm³/mol. The molecule has 1 aliphatic carbocycles. The number of nitrogens with zero attached hydrogens (tertiary/aromatic N) is 2. The van der Waals surface area contributed by atoms with Gasteiger partial charge in [-0.05, 0) is 28.8 Å². The number of benzene rings is 3. The van der Waals surface area contributed by atoms with E-state index in [0.717, 1.165) is 28.2 Å². The molecular weight excluding hydrogens is 296 g/mol. The fourth-order valence-corrected chi connectivity index (χ4v) is 2.98. The van der Waals surface area contributed by atoms with Crippen LogP contribution in [0.4, 0.5) is 0 Å². The summed E-state index contributed by atoms with van der Waals surface area (Å²) >= 11 is 0. The predicted octanol–water partition coefficient (Wildman–Crippen LogP) is 4.55. The molecule has 3 aromatic carbocycles. The standard InChI is InChI=1S/C21H16N2O/c1-24-16-8-6-7-15(13-16)14-22-23-21-19-11-4-2-9-17(19)18-10-3-5-12-20(18)21/h2-14H,1H3/b22-14-. The van der Waals surface area contributed by atoms with Crippen molar-refractivity contribution in [2.45, 2.75) is 0 Å². The highest BCUT2D eigenvalue weighted by molar-refractivity contribution is 6.24. The maximum Gasteiger partial charge on any atom is 0.119 e. The molecule has 0 bridgehead atoms. The summed E-state index contributed by atoms with van der Waals surface area (Å²) in [5.74, 6) is 0.808. The van der Waals surface area contributed by atoms with Crippen LogP contribution < -0.4 is 4.74 Å². The normalized spacial score (nSPS) is 12.1. The number of hydrogen-bond donors (Lipinski definition) is 0. The van der Waals surface area contributed by atoms with E-state index in [4.69, 9.17) is 4.74 Å². The lowest BCUT2D eigenvalue weighted by Gasteiger charge is -2.00. The SMILES string of the molecule is COc1cccc(/C=N\N=C2c3ccccc3-c3ccccc32)c1. The van der Waals surface area contributed by atoms with Gasteiger partial charge in [-0.15, -0.1) is 5.10 Å². The van der Waals surface area contributed by atoms with Crippen molar-refractivity contribution in [2.75, 3.05) is 7.11 Å². The molecule has 4 rings (SSSR count). The topological polar surface area (TPSA) is 34.0 Å². The van der Waals surface area contributed by atoms with E-state index in [2.05, 4.69) is 46.6 Å². The highest BCUT2D eigenvalue weighted by Crippen LogP contribution is 2.36. The number of fused-ring (bicyclic) bond motifs is 3. The average molecular weight is 312 g/mol. The van der Waals surface area contributed by atoms with Gasteiger partial charge < -0.3 is 4.74 Å². The Bertz CT molecular complexity index is 910. The Balaban J connectivity index is 1.73. The molecule has 3 aromatic rings. The molecule has 0 unspecified atom stereocenters. The molecule has 1 aliphatic rings. The fourth-order valence-electron chi connectivity index (χ4n) is 2.98. The van der Waals surface area contributed by atoms with E-state index in [-0.39, 0.29) is 0 Å². The summed E-state index contributed by atoms with van der Waals surface area (Å²) in [6.45, 7) is 0. The summed E-state index contributed by atoms with van der Waals surface area (Å²) in [6.07, 6.45) is 1.75. The molecule has 0 aliphatic heterocycles. The van der Waals surface area contributed by atoms with Crippen molar-refractivity contribution in [3.63, 3.8) is 0 Å². The fraction of sp³-hybridized carbons (Fsp3) is 0.0476. The van der Waals surface area contributed by atoms with Gasteiger partial charge in [0.2, 0.25) is 0 Å². The molecule has 3 nitrogen and oxygen atoms in total. The molecule has 0 saturated heterocycles. The summed E-state index contributed by atoms with van der Waals surface area (Å²) in [7, 11) is 1.66. The third kappa shape index (κ3) is 2.50. The van der Waals surface area contributed by atoms with Crippen LogP contribution in [0.15, 0.2) is 83.0 Å². The monoisotopic (exact) mass is 312 g/mol. The summed E-state index contributed by atoms with van der Waals surface area (Å²) in [5.41, 5.74) is 6.55. The first-order chi connectivity index (χ1) is 11.9. The highest BCUT2D eigenvalue weighted by Gasteiger charge is 2.23. The van der Waals surface area contributed by atoms with Gasteiger partial charge in [0.25, 0.3) is 0 Å². The van der Waals surface area contributed by atoms with Crippen LogP contribution in [0.2, 0.25) is 0 Å². The Morgan fingerprint density at radius 1 is 0.750 bits per heavy atom. The zero-order valence-electron chi connectivity index (χ0n) is 13.3.